The second kappa shape index (κ2) is 4.84. The molecule has 3 heterocycles. The van der Waals surface area contributed by atoms with E-state index in [9.17, 15) is 4.79 Å². The van der Waals surface area contributed by atoms with E-state index in [0.717, 1.165) is 32.6 Å². The van der Waals surface area contributed by atoms with Gasteiger partial charge in [0.25, 0.3) is 5.56 Å². The highest BCUT2D eigenvalue weighted by molar-refractivity contribution is 7.18. The van der Waals surface area contributed by atoms with E-state index in [4.69, 9.17) is 9.47 Å². The Bertz CT molecular complexity index is 942. The van der Waals surface area contributed by atoms with Crippen molar-refractivity contribution in [3.63, 3.8) is 0 Å². The number of benzene rings is 1. The molecule has 0 atom stereocenters. The fourth-order valence-corrected chi connectivity index (χ4v) is 3.90. The van der Waals surface area contributed by atoms with Crippen LogP contribution >= 0.6 is 11.3 Å². The van der Waals surface area contributed by atoms with Gasteiger partial charge in [0.15, 0.2) is 11.5 Å². The van der Waals surface area contributed by atoms with Crippen molar-refractivity contribution in [2.75, 3.05) is 6.79 Å². The van der Waals surface area contributed by atoms with Gasteiger partial charge >= 0.3 is 0 Å². The van der Waals surface area contributed by atoms with E-state index in [2.05, 4.69) is 16.9 Å². The molecular formula is C16H14N2O3S. The lowest BCUT2D eigenvalue weighted by Crippen LogP contribution is -2.09. The van der Waals surface area contributed by atoms with Gasteiger partial charge in [-0.05, 0) is 37.1 Å². The Kier molecular flexibility index (Phi) is 2.94. The number of hydrogen-bond acceptors (Lipinski definition) is 5. The van der Waals surface area contributed by atoms with Crippen LogP contribution in [-0.4, -0.2) is 16.8 Å². The summed E-state index contributed by atoms with van der Waals surface area (Å²) < 4.78 is 10.7. The van der Waals surface area contributed by atoms with Gasteiger partial charge in [0.2, 0.25) is 6.79 Å². The second-order valence-electron chi connectivity index (χ2n) is 5.15. The average molecular weight is 314 g/mol. The van der Waals surface area contributed by atoms with E-state index in [0.29, 0.717) is 17.3 Å². The first-order valence-corrected chi connectivity index (χ1v) is 7.91. The quantitative estimate of drug-likeness (QED) is 0.788. The number of aromatic nitrogens is 2. The lowest BCUT2D eigenvalue weighted by molar-refractivity contribution is 0.174. The third-order valence-electron chi connectivity index (χ3n) is 3.86. The molecule has 1 aliphatic heterocycles. The normalized spacial score (nSPS) is 13.0. The molecule has 0 amide bonds. The van der Waals surface area contributed by atoms with Crippen molar-refractivity contribution in [3.8, 4) is 22.9 Å². The Labute approximate surface area is 130 Å². The maximum absolute atomic E-state index is 12.5. The lowest BCUT2D eigenvalue weighted by Gasteiger charge is -2.03. The van der Waals surface area contributed by atoms with Crippen molar-refractivity contribution >= 4 is 21.6 Å². The molecule has 22 heavy (non-hydrogen) atoms. The van der Waals surface area contributed by atoms with E-state index in [-0.39, 0.29) is 12.4 Å². The van der Waals surface area contributed by atoms with Crippen LogP contribution in [0.5, 0.6) is 11.5 Å². The summed E-state index contributed by atoms with van der Waals surface area (Å²) in [5, 5.41) is 0.717. The standard InChI is InChI=1S/C16H14N2O3S/c1-3-10-8(2)22-16-13(10)15(19)17-14(18-16)9-4-5-11-12(6-9)21-7-20-11/h4-6H,3,7H2,1-2H3,(H,17,18,19). The number of thiophene rings is 1. The molecule has 0 fully saturated rings. The van der Waals surface area contributed by atoms with Crippen LogP contribution in [-0.2, 0) is 6.42 Å². The molecule has 3 aromatic rings. The topological polar surface area (TPSA) is 64.2 Å². The third-order valence-corrected chi connectivity index (χ3v) is 4.90. The van der Waals surface area contributed by atoms with Crippen molar-refractivity contribution in [2.45, 2.75) is 20.3 Å². The van der Waals surface area contributed by atoms with Crippen LogP contribution in [0.3, 0.4) is 0 Å². The fourth-order valence-electron chi connectivity index (χ4n) is 2.78. The molecule has 0 saturated heterocycles. The maximum atomic E-state index is 12.5. The molecule has 2 aromatic heterocycles. The summed E-state index contributed by atoms with van der Waals surface area (Å²) in [5.74, 6) is 1.95. The Morgan fingerprint density at radius 3 is 2.95 bits per heavy atom. The summed E-state index contributed by atoms with van der Waals surface area (Å²) in [6, 6.07) is 5.55. The number of aromatic amines is 1. The highest BCUT2D eigenvalue weighted by Gasteiger charge is 2.17. The SMILES string of the molecule is CCc1c(C)sc2nc(-c3ccc4c(c3)OCO4)[nH]c(=O)c12. The lowest BCUT2D eigenvalue weighted by atomic mass is 10.1. The zero-order chi connectivity index (χ0) is 15.3. The maximum Gasteiger partial charge on any atom is 0.260 e. The number of ether oxygens (including phenoxy) is 2. The number of H-pyrrole nitrogens is 1. The van der Waals surface area contributed by atoms with Crippen molar-refractivity contribution in [1.82, 2.24) is 9.97 Å². The summed E-state index contributed by atoms with van der Waals surface area (Å²) in [7, 11) is 0. The van der Waals surface area contributed by atoms with Crippen LogP contribution in [0.15, 0.2) is 23.0 Å². The van der Waals surface area contributed by atoms with Crippen molar-refractivity contribution in [2.24, 2.45) is 0 Å². The van der Waals surface area contributed by atoms with E-state index < -0.39 is 0 Å². The number of nitrogens with zero attached hydrogens (tertiary/aromatic N) is 1. The Morgan fingerprint density at radius 2 is 2.14 bits per heavy atom. The van der Waals surface area contributed by atoms with Crippen LogP contribution in [0, 0.1) is 6.92 Å². The molecule has 0 unspecified atom stereocenters. The Hall–Kier alpha value is -2.34. The number of hydrogen-bond donors (Lipinski definition) is 1. The first-order valence-electron chi connectivity index (χ1n) is 7.09. The highest BCUT2D eigenvalue weighted by atomic mass is 32.1. The van der Waals surface area contributed by atoms with E-state index in [1.165, 1.54) is 0 Å². The molecule has 1 N–H and O–H groups in total. The van der Waals surface area contributed by atoms with Gasteiger partial charge in [0.1, 0.15) is 10.7 Å². The molecular weight excluding hydrogens is 300 g/mol. The minimum atomic E-state index is -0.0844. The minimum absolute atomic E-state index is 0.0844. The van der Waals surface area contributed by atoms with Gasteiger partial charge < -0.3 is 14.5 Å². The zero-order valence-electron chi connectivity index (χ0n) is 12.2. The average Bonchev–Trinajstić information content (AvgIpc) is 3.09. The van der Waals surface area contributed by atoms with Crippen LogP contribution < -0.4 is 15.0 Å². The molecule has 1 aromatic carbocycles. The monoisotopic (exact) mass is 314 g/mol. The molecule has 4 rings (SSSR count). The summed E-state index contributed by atoms with van der Waals surface area (Å²) in [4.78, 5) is 21.9. The molecule has 0 bridgehead atoms. The van der Waals surface area contributed by atoms with Gasteiger partial charge in [0, 0.05) is 10.4 Å². The largest absolute Gasteiger partial charge is 0.454 e. The highest BCUT2D eigenvalue weighted by Crippen LogP contribution is 2.35. The molecule has 112 valence electrons. The van der Waals surface area contributed by atoms with Crippen molar-refractivity contribution in [1.29, 1.82) is 0 Å². The van der Waals surface area contributed by atoms with Crippen LogP contribution in [0.25, 0.3) is 21.6 Å². The van der Waals surface area contributed by atoms with Gasteiger partial charge in [-0.15, -0.1) is 11.3 Å². The molecule has 0 spiro atoms. The van der Waals surface area contributed by atoms with Gasteiger partial charge in [-0.1, -0.05) is 6.92 Å². The van der Waals surface area contributed by atoms with Crippen molar-refractivity contribution in [3.05, 3.63) is 39.0 Å². The molecule has 6 heteroatoms. The van der Waals surface area contributed by atoms with E-state index in [1.54, 1.807) is 11.3 Å². The second-order valence-corrected chi connectivity index (χ2v) is 6.36. The Morgan fingerprint density at radius 1 is 1.32 bits per heavy atom. The van der Waals surface area contributed by atoms with Crippen LogP contribution in [0.1, 0.15) is 17.4 Å². The minimum Gasteiger partial charge on any atom is -0.454 e. The smallest absolute Gasteiger partial charge is 0.260 e. The van der Waals surface area contributed by atoms with Gasteiger partial charge in [-0.25, -0.2) is 4.98 Å². The fraction of sp³-hybridized carbons (Fsp3) is 0.250. The van der Waals surface area contributed by atoms with Gasteiger partial charge in [-0.2, -0.15) is 0 Å². The molecule has 1 aliphatic rings. The number of rotatable bonds is 2. The van der Waals surface area contributed by atoms with E-state index >= 15 is 0 Å². The molecule has 0 radical (unpaired) electrons. The zero-order valence-corrected chi connectivity index (χ0v) is 13.0. The summed E-state index contributed by atoms with van der Waals surface area (Å²) >= 11 is 1.56. The summed E-state index contributed by atoms with van der Waals surface area (Å²) in [6.45, 7) is 4.32. The van der Waals surface area contributed by atoms with Gasteiger partial charge in [-0.3, -0.25) is 4.79 Å². The summed E-state index contributed by atoms with van der Waals surface area (Å²) in [5.41, 5.74) is 1.82. The third kappa shape index (κ3) is 1.91. The number of nitrogens with one attached hydrogen (secondary N) is 1. The molecule has 5 nitrogen and oxygen atoms in total. The van der Waals surface area contributed by atoms with E-state index in [1.807, 2.05) is 25.1 Å². The van der Waals surface area contributed by atoms with Gasteiger partial charge in [0.05, 0.1) is 5.39 Å². The predicted octanol–water partition coefficient (Wildman–Crippen LogP) is 3.25. The molecule has 0 saturated carbocycles. The number of aryl methyl sites for hydroxylation is 2. The van der Waals surface area contributed by atoms with Crippen molar-refractivity contribution < 1.29 is 9.47 Å². The first-order chi connectivity index (χ1) is 10.7. The Balaban J connectivity index is 1.91. The first kappa shape index (κ1) is 13.3. The number of fused-ring (bicyclic) bond motifs is 2. The predicted molar refractivity (Wildman–Crippen MR) is 85.9 cm³/mol. The van der Waals surface area contributed by atoms with Crippen LogP contribution in [0.4, 0.5) is 0 Å². The van der Waals surface area contributed by atoms with Crippen LogP contribution in [0.2, 0.25) is 0 Å². The molecule has 0 aliphatic carbocycles. The summed E-state index contributed by atoms with van der Waals surface area (Å²) in [6.07, 6.45) is 0.833.